The summed E-state index contributed by atoms with van der Waals surface area (Å²) in [5.74, 6) is -0.188. The maximum Gasteiger partial charge on any atom is 0.261 e. The normalized spacial score (nSPS) is 11.4. The van der Waals surface area contributed by atoms with Crippen LogP contribution in [-0.2, 0) is 21.9 Å². The van der Waals surface area contributed by atoms with Gasteiger partial charge in [-0.2, -0.15) is 0 Å². The summed E-state index contributed by atoms with van der Waals surface area (Å²) in [7, 11) is -1.87. The number of imidazole rings is 1. The molecule has 2 N–H and O–H groups in total. The van der Waals surface area contributed by atoms with Gasteiger partial charge >= 0.3 is 0 Å². The number of aryl methyl sites for hydroxylation is 1. The Labute approximate surface area is 139 Å². The van der Waals surface area contributed by atoms with Gasteiger partial charge in [-0.3, -0.25) is 9.52 Å². The number of benzene rings is 2. The Balaban J connectivity index is 1.85. The highest BCUT2D eigenvalue weighted by Gasteiger charge is 2.15. The van der Waals surface area contributed by atoms with Gasteiger partial charge in [-0.1, -0.05) is 0 Å². The van der Waals surface area contributed by atoms with E-state index < -0.39 is 10.0 Å². The van der Waals surface area contributed by atoms with Crippen molar-refractivity contribution in [2.24, 2.45) is 7.05 Å². The lowest BCUT2D eigenvalue weighted by Gasteiger charge is -2.09. The molecule has 7 nitrogen and oxygen atoms in total. The van der Waals surface area contributed by atoms with Crippen LogP contribution in [0.3, 0.4) is 0 Å². The second-order valence-electron chi connectivity index (χ2n) is 5.37. The third kappa shape index (κ3) is 3.23. The van der Waals surface area contributed by atoms with Gasteiger partial charge in [-0.15, -0.1) is 0 Å². The number of carbonyl (C=O) groups is 1. The summed E-state index contributed by atoms with van der Waals surface area (Å²) in [6.45, 7) is 1.41. The Morgan fingerprint density at radius 1 is 1.08 bits per heavy atom. The monoisotopic (exact) mass is 344 g/mol. The Hall–Kier alpha value is -2.87. The summed E-state index contributed by atoms with van der Waals surface area (Å²) in [6.07, 6.45) is 1.63. The maximum absolute atomic E-state index is 12.5. The van der Waals surface area contributed by atoms with Crippen LogP contribution in [0.4, 0.5) is 11.4 Å². The molecular weight excluding hydrogens is 328 g/mol. The fourth-order valence-electron chi connectivity index (χ4n) is 2.32. The third-order valence-corrected chi connectivity index (χ3v) is 4.84. The number of rotatable bonds is 4. The van der Waals surface area contributed by atoms with Crippen LogP contribution in [0.2, 0.25) is 0 Å². The fraction of sp³-hybridized carbons (Fsp3) is 0.125. The molecule has 0 spiro atoms. The first kappa shape index (κ1) is 16.0. The Morgan fingerprint density at radius 2 is 1.75 bits per heavy atom. The van der Waals surface area contributed by atoms with Crippen LogP contribution in [0.5, 0.6) is 0 Å². The van der Waals surface area contributed by atoms with Gasteiger partial charge in [0.05, 0.1) is 22.3 Å². The van der Waals surface area contributed by atoms with Crippen molar-refractivity contribution >= 4 is 38.3 Å². The molecule has 1 amide bonds. The van der Waals surface area contributed by atoms with Crippen molar-refractivity contribution in [2.45, 2.75) is 11.8 Å². The first-order valence-corrected chi connectivity index (χ1v) is 8.65. The van der Waals surface area contributed by atoms with E-state index >= 15 is 0 Å². The lowest BCUT2D eigenvalue weighted by atomic mass is 10.3. The summed E-state index contributed by atoms with van der Waals surface area (Å²) in [6, 6.07) is 11.2. The number of fused-ring (bicyclic) bond motifs is 1. The van der Waals surface area contributed by atoms with Crippen LogP contribution in [-0.4, -0.2) is 23.9 Å². The van der Waals surface area contributed by atoms with Gasteiger partial charge in [0.25, 0.3) is 10.0 Å². The third-order valence-electron chi connectivity index (χ3n) is 3.46. The predicted molar refractivity (Wildman–Crippen MR) is 92.3 cm³/mol. The average Bonchev–Trinajstić information content (AvgIpc) is 2.89. The molecule has 1 aromatic heterocycles. The van der Waals surface area contributed by atoms with Crippen LogP contribution >= 0.6 is 0 Å². The largest absolute Gasteiger partial charge is 0.334 e. The number of amides is 1. The van der Waals surface area contributed by atoms with E-state index in [0.29, 0.717) is 16.9 Å². The highest BCUT2D eigenvalue weighted by molar-refractivity contribution is 7.92. The van der Waals surface area contributed by atoms with Crippen LogP contribution in [0, 0.1) is 0 Å². The number of carbonyl (C=O) groups excluding carboxylic acids is 1. The number of nitrogens with zero attached hydrogens (tertiary/aromatic N) is 2. The van der Waals surface area contributed by atoms with E-state index in [0.717, 1.165) is 5.52 Å². The van der Waals surface area contributed by atoms with Gasteiger partial charge in [0.2, 0.25) is 5.91 Å². The van der Waals surface area contributed by atoms with Crippen molar-refractivity contribution in [1.82, 2.24) is 9.55 Å². The number of anilines is 2. The number of sulfonamides is 1. The molecule has 0 radical (unpaired) electrons. The van der Waals surface area contributed by atoms with Crippen molar-refractivity contribution in [2.75, 3.05) is 10.0 Å². The first-order chi connectivity index (χ1) is 11.3. The number of nitrogens with one attached hydrogen (secondary N) is 2. The van der Waals surface area contributed by atoms with Gasteiger partial charge in [-0.05, 0) is 42.5 Å². The summed E-state index contributed by atoms with van der Waals surface area (Å²) in [5, 5.41) is 2.62. The number of hydrogen-bond acceptors (Lipinski definition) is 4. The van der Waals surface area contributed by atoms with Crippen molar-refractivity contribution < 1.29 is 13.2 Å². The first-order valence-electron chi connectivity index (χ1n) is 7.17. The quantitative estimate of drug-likeness (QED) is 0.760. The minimum atomic E-state index is -3.72. The summed E-state index contributed by atoms with van der Waals surface area (Å²) in [4.78, 5) is 15.3. The molecule has 0 aliphatic carbocycles. The lowest BCUT2D eigenvalue weighted by Crippen LogP contribution is -2.13. The molecule has 0 saturated carbocycles. The van der Waals surface area contributed by atoms with Gasteiger partial charge < -0.3 is 9.88 Å². The molecule has 0 aliphatic rings. The van der Waals surface area contributed by atoms with E-state index in [1.165, 1.54) is 19.1 Å². The van der Waals surface area contributed by atoms with E-state index in [9.17, 15) is 13.2 Å². The van der Waals surface area contributed by atoms with Gasteiger partial charge in [0.15, 0.2) is 0 Å². The van der Waals surface area contributed by atoms with Crippen molar-refractivity contribution in [1.29, 1.82) is 0 Å². The molecule has 8 heteroatoms. The van der Waals surface area contributed by atoms with Crippen molar-refractivity contribution in [3.05, 3.63) is 48.8 Å². The molecule has 0 bridgehead atoms. The Bertz CT molecular complexity index is 1010. The highest BCUT2D eigenvalue weighted by Crippen LogP contribution is 2.21. The molecule has 1 heterocycles. The molecule has 3 rings (SSSR count). The van der Waals surface area contributed by atoms with Gasteiger partial charge in [-0.25, -0.2) is 13.4 Å². The summed E-state index contributed by atoms with van der Waals surface area (Å²) in [5.41, 5.74) is 2.47. The molecule has 124 valence electrons. The predicted octanol–water partition coefficient (Wildman–Crippen LogP) is 2.33. The number of hydrogen-bond donors (Lipinski definition) is 2. The van der Waals surface area contributed by atoms with Crippen LogP contribution < -0.4 is 10.0 Å². The molecule has 24 heavy (non-hydrogen) atoms. The minimum Gasteiger partial charge on any atom is -0.334 e. The van der Waals surface area contributed by atoms with Gasteiger partial charge in [0.1, 0.15) is 0 Å². The Kier molecular flexibility index (Phi) is 3.98. The van der Waals surface area contributed by atoms with Crippen LogP contribution in [0.15, 0.2) is 53.7 Å². The average molecular weight is 344 g/mol. The standard InChI is InChI=1S/C16H16N4O3S/c1-11(21)18-12-3-5-13(6-4-12)19-24(22,23)14-7-8-16-15(9-14)17-10-20(16)2/h3-10,19H,1-2H3,(H,18,21). The minimum absolute atomic E-state index is 0.139. The topological polar surface area (TPSA) is 93.1 Å². The van der Waals surface area contributed by atoms with E-state index in [2.05, 4.69) is 15.0 Å². The van der Waals surface area contributed by atoms with Gasteiger partial charge in [0, 0.05) is 25.3 Å². The fourth-order valence-corrected chi connectivity index (χ4v) is 3.40. The van der Waals surface area contributed by atoms with E-state index in [4.69, 9.17) is 0 Å². The zero-order valence-electron chi connectivity index (χ0n) is 13.1. The van der Waals surface area contributed by atoms with Crippen molar-refractivity contribution in [3.8, 4) is 0 Å². The highest BCUT2D eigenvalue weighted by atomic mass is 32.2. The lowest BCUT2D eigenvalue weighted by molar-refractivity contribution is -0.114. The molecule has 0 saturated heterocycles. The molecule has 0 atom stereocenters. The molecular formula is C16H16N4O3S. The zero-order chi connectivity index (χ0) is 17.3. The second kappa shape index (κ2) is 5.97. The smallest absolute Gasteiger partial charge is 0.261 e. The molecule has 0 aliphatic heterocycles. The molecule has 3 aromatic rings. The molecule has 0 unspecified atom stereocenters. The van der Waals surface area contributed by atoms with E-state index in [-0.39, 0.29) is 10.8 Å². The van der Waals surface area contributed by atoms with Crippen LogP contribution in [0.25, 0.3) is 11.0 Å². The van der Waals surface area contributed by atoms with Crippen LogP contribution in [0.1, 0.15) is 6.92 Å². The second-order valence-corrected chi connectivity index (χ2v) is 7.05. The molecule has 0 fully saturated rings. The number of aromatic nitrogens is 2. The summed E-state index contributed by atoms with van der Waals surface area (Å²) < 4.78 is 29.3. The molecule has 2 aromatic carbocycles. The van der Waals surface area contributed by atoms with E-state index in [1.807, 2.05) is 11.6 Å². The van der Waals surface area contributed by atoms with E-state index in [1.54, 1.807) is 36.7 Å². The van der Waals surface area contributed by atoms with Crippen molar-refractivity contribution in [3.63, 3.8) is 0 Å². The zero-order valence-corrected chi connectivity index (χ0v) is 14.0. The SMILES string of the molecule is CC(=O)Nc1ccc(NS(=O)(=O)c2ccc3c(c2)ncn3C)cc1. The summed E-state index contributed by atoms with van der Waals surface area (Å²) >= 11 is 0. The maximum atomic E-state index is 12.5. The Morgan fingerprint density at radius 3 is 2.42 bits per heavy atom.